The van der Waals surface area contributed by atoms with Crippen LogP contribution in [0.15, 0.2) is 12.1 Å². The van der Waals surface area contributed by atoms with Gasteiger partial charge in [0.1, 0.15) is 0 Å². The third-order valence-electron chi connectivity index (χ3n) is 3.21. The average molecular weight is 255 g/mol. The maximum absolute atomic E-state index is 6.06. The molecule has 0 amide bonds. The molecular formula is C12H12Cl2N2. The summed E-state index contributed by atoms with van der Waals surface area (Å²) >= 11 is 12.1. The number of fused-ring (bicyclic) bond motifs is 3. The quantitative estimate of drug-likeness (QED) is 0.763. The second-order valence-corrected chi connectivity index (χ2v) is 5.20. The van der Waals surface area contributed by atoms with Crippen molar-refractivity contribution in [3.8, 4) is 0 Å². The summed E-state index contributed by atoms with van der Waals surface area (Å²) in [7, 11) is 2.14. The van der Waals surface area contributed by atoms with Gasteiger partial charge in [-0.2, -0.15) is 0 Å². The van der Waals surface area contributed by atoms with Crippen molar-refractivity contribution in [3.63, 3.8) is 0 Å². The van der Waals surface area contributed by atoms with E-state index in [1.54, 1.807) is 0 Å². The van der Waals surface area contributed by atoms with Crippen LogP contribution in [0.3, 0.4) is 0 Å². The number of H-pyrrole nitrogens is 1. The van der Waals surface area contributed by atoms with E-state index in [0.29, 0.717) is 10.0 Å². The van der Waals surface area contributed by atoms with Gasteiger partial charge in [0.25, 0.3) is 0 Å². The van der Waals surface area contributed by atoms with Crippen LogP contribution in [0.4, 0.5) is 0 Å². The molecule has 0 bridgehead atoms. The largest absolute Gasteiger partial charge is 0.358 e. The minimum Gasteiger partial charge on any atom is -0.358 e. The van der Waals surface area contributed by atoms with E-state index in [2.05, 4.69) is 16.9 Å². The zero-order valence-electron chi connectivity index (χ0n) is 8.98. The number of nitrogens with one attached hydrogen (secondary N) is 1. The zero-order chi connectivity index (χ0) is 11.3. The summed E-state index contributed by atoms with van der Waals surface area (Å²) in [5.74, 6) is 0. The van der Waals surface area contributed by atoms with E-state index in [-0.39, 0.29) is 0 Å². The molecule has 1 aliphatic heterocycles. The molecule has 1 aromatic carbocycles. The maximum Gasteiger partial charge on any atom is 0.0613 e. The SMILES string of the molecule is CN1CCc2[nH]c3cc(Cl)c(Cl)cc3c2C1. The normalized spacial score (nSPS) is 16.7. The number of aromatic amines is 1. The Morgan fingerprint density at radius 2 is 2.00 bits per heavy atom. The number of hydrogen-bond acceptors (Lipinski definition) is 1. The first kappa shape index (κ1) is 10.5. The Labute approximate surface area is 104 Å². The van der Waals surface area contributed by atoms with E-state index in [9.17, 15) is 0 Å². The monoisotopic (exact) mass is 254 g/mol. The molecule has 0 fully saturated rings. The molecule has 0 unspecified atom stereocenters. The standard InChI is InChI=1S/C12H12Cl2N2/c1-16-3-2-11-8(6-16)7-4-9(13)10(14)5-12(7)15-11/h4-5,15H,2-3,6H2,1H3. The Hall–Kier alpha value is -0.700. The molecule has 1 N–H and O–H groups in total. The molecule has 0 spiro atoms. The van der Waals surface area contributed by atoms with Gasteiger partial charge in [0.05, 0.1) is 10.0 Å². The smallest absolute Gasteiger partial charge is 0.0613 e. The van der Waals surface area contributed by atoms with Gasteiger partial charge in [-0.05, 0) is 24.7 Å². The molecule has 84 valence electrons. The number of halogens is 2. The second kappa shape index (κ2) is 3.66. The second-order valence-electron chi connectivity index (χ2n) is 4.38. The zero-order valence-corrected chi connectivity index (χ0v) is 10.5. The van der Waals surface area contributed by atoms with Crippen molar-refractivity contribution < 1.29 is 0 Å². The van der Waals surface area contributed by atoms with Crippen molar-refractivity contribution in [2.45, 2.75) is 13.0 Å². The van der Waals surface area contributed by atoms with Crippen LogP contribution in [0.25, 0.3) is 10.9 Å². The highest BCUT2D eigenvalue weighted by molar-refractivity contribution is 6.42. The molecule has 3 rings (SSSR count). The Kier molecular flexibility index (Phi) is 2.39. The van der Waals surface area contributed by atoms with E-state index >= 15 is 0 Å². The van der Waals surface area contributed by atoms with E-state index in [1.807, 2.05) is 12.1 Å². The molecule has 16 heavy (non-hydrogen) atoms. The van der Waals surface area contributed by atoms with E-state index < -0.39 is 0 Å². The van der Waals surface area contributed by atoms with Crippen LogP contribution in [-0.4, -0.2) is 23.5 Å². The summed E-state index contributed by atoms with van der Waals surface area (Å²) in [6.07, 6.45) is 1.07. The van der Waals surface area contributed by atoms with Crippen LogP contribution >= 0.6 is 23.2 Å². The van der Waals surface area contributed by atoms with Crippen LogP contribution in [0, 0.1) is 0 Å². The number of nitrogens with zero attached hydrogens (tertiary/aromatic N) is 1. The first-order valence-corrected chi connectivity index (χ1v) is 6.08. The highest BCUT2D eigenvalue weighted by Gasteiger charge is 2.18. The Morgan fingerprint density at radius 1 is 1.25 bits per heavy atom. The van der Waals surface area contributed by atoms with E-state index in [4.69, 9.17) is 23.2 Å². The van der Waals surface area contributed by atoms with Gasteiger partial charge in [-0.25, -0.2) is 0 Å². The van der Waals surface area contributed by atoms with Crippen molar-refractivity contribution in [1.29, 1.82) is 0 Å². The Morgan fingerprint density at radius 3 is 2.81 bits per heavy atom. The van der Waals surface area contributed by atoms with Crippen LogP contribution in [0.1, 0.15) is 11.3 Å². The number of aromatic nitrogens is 1. The molecule has 1 aromatic heterocycles. The maximum atomic E-state index is 6.06. The fourth-order valence-electron chi connectivity index (χ4n) is 2.35. The summed E-state index contributed by atoms with van der Waals surface area (Å²) in [4.78, 5) is 5.75. The number of hydrogen-bond donors (Lipinski definition) is 1. The summed E-state index contributed by atoms with van der Waals surface area (Å²) in [5, 5.41) is 2.45. The van der Waals surface area contributed by atoms with Crippen LogP contribution < -0.4 is 0 Å². The molecule has 0 saturated carbocycles. The minimum absolute atomic E-state index is 0.612. The molecule has 0 radical (unpaired) electrons. The molecular weight excluding hydrogens is 243 g/mol. The lowest BCUT2D eigenvalue weighted by Gasteiger charge is -2.22. The van der Waals surface area contributed by atoms with Crippen molar-refractivity contribution >= 4 is 34.1 Å². The van der Waals surface area contributed by atoms with Gasteiger partial charge in [-0.15, -0.1) is 0 Å². The summed E-state index contributed by atoms with van der Waals surface area (Å²) < 4.78 is 0. The van der Waals surface area contributed by atoms with Gasteiger partial charge in [-0.3, -0.25) is 0 Å². The number of rotatable bonds is 0. The topological polar surface area (TPSA) is 19.0 Å². The lowest BCUT2D eigenvalue weighted by molar-refractivity contribution is 0.313. The number of likely N-dealkylation sites (N-methyl/N-ethyl adjacent to an activating group) is 1. The lowest BCUT2D eigenvalue weighted by atomic mass is 10.1. The average Bonchev–Trinajstić information content (AvgIpc) is 2.57. The molecule has 2 heterocycles. The van der Waals surface area contributed by atoms with Gasteiger partial charge < -0.3 is 9.88 Å². The summed E-state index contributed by atoms with van der Waals surface area (Å²) in [6.45, 7) is 2.08. The van der Waals surface area contributed by atoms with Crippen molar-refractivity contribution in [2.75, 3.05) is 13.6 Å². The fourth-order valence-corrected chi connectivity index (χ4v) is 2.67. The third kappa shape index (κ3) is 1.53. The van der Waals surface area contributed by atoms with Crippen molar-refractivity contribution in [1.82, 2.24) is 9.88 Å². The summed E-state index contributed by atoms with van der Waals surface area (Å²) in [5.41, 5.74) is 3.78. The predicted octanol–water partition coefficient (Wildman–Crippen LogP) is 3.46. The van der Waals surface area contributed by atoms with Gasteiger partial charge in [0.2, 0.25) is 0 Å². The van der Waals surface area contributed by atoms with Gasteiger partial charge >= 0.3 is 0 Å². The van der Waals surface area contributed by atoms with Crippen LogP contribution in [0.5, 0.6) is 0 Å². The molecule has 0 aliphatic carbocycles. The van der Waals surface area contributed by atoms with Gasteiger partial charge in [0.15, 0.2) is 0 Å². The lowest BCUT2D eigenvalue weighted by Crippen LogP contribution is -2.25. The molecule has 0 saturated heterocycles. The van der Waals surface area contributed by atoms with Crippen molar-refractivity contribution in [2.24, 2.45) is 0 Å². The van der Waals surface area contributed by atoms with Crippen molar-refractivity contribution in [3.05, 3.63) is 33.4 Å². The number of benzene rings is 1. The molecule has 2 nitrogen and oxygen atoms in total. The summed E-state index contributed by atoms with van der Waals surface area (Å²) in [6, 6.07) is 3.88. The third-order valence-corrected chi connectivity index (χ3v) is 3.93. The van der Waals surface area contributed by atoms with Crippen LogP contribution in [0.2, 0.25) is 10.0 Å². The molecule has 2 aromatic rings. The predicted molar refractivity (Wildman–Crippen MR) is 68.4 cm³/mol. The van der Waals surface area contributed by atoms with Crippen LogP contribution in [-0.2, 0) is 13.0 Å². The van der Waals surface area contributed by atoms with Gasteiger partial charge in [-0.1, -0.05) is 23.2 Å². The molecule has 0 atom stereocenters. The first-order valence-electron chi connectivity index (χ1n) is 5.32. The fraction of sp³-hybridized carbons (Fsp3) is 0.333. The highest BCUT2D eigenvalue weighted by Crippen LogP contribution is 2.33. The Balaban J connectivity index is 2.27. The first-order chi connectivity index (χ1) is 7.65. The molecule has 1 aliphatic rings. The Bertz CT molecular complexity index is 560. The molecule has 4 heteroatoms. The highest BCUT2D eigenvalue weighted by atomic mass is 35.5. The minimum atomic E-state index is 0.612. The van der Waals surface area contributed by atoms with E-state index in [1.165, 1.54) is 16.6 Å². The van der Waals surface area contributed by atoms with Gasteiger partial charge in [0, 0.05) is 36.1 Å². The van der Waals surface area contributed by atoms with E-state index in [0.717, 1.165) is 25.0 Å².